The van der Waals surface area contributed by atoms with Crippen molar-refractivity contribution in [3.05, 3.63) is 71.9 Å². The summed E-state index contributed by atoms with van der Waals surface area (Å²) in [6, 6.07) is 17.1. The molecule has 0 bridgehead atoms. The van der Waals surface area contributed by atoms with Crippen molar-refractivity contribution in [1.82, 2.24) is 5.16 Å². The van der Waals surface area contributed by atoms with Crippen molar-refractivity contribution >= 4 is 19.2 Å². The average Bonchev–Trinajstić information content (AvgIpc) is 3.25. The molecule has 1 amide bonds. The largest absolute Gasteiger partial charge is 0.356 e. The fraction of sp³-hybridized carbons (Fsp3) is 0.304. The van der Waals surface area contributed by atoms with Crippen molar-refractivity contribution in [3.8, 4) is 11.3 Å². The van der Waals surface area contributed by atoms with Crippen molar-refractivity contribution in [3.63, 3.8) is 0 Å². The minimum absolute atomic E-state index is 0.0581. The van der Waals surface area contributed by atoms with Gasteiger partial charge in [-0.15, -0.1) is 0 Å². The molecule has 2 heterocycles. The molecule has 4 rings (SSSR count). The van der Waals surface area contributed by atoms with E-state index in [9.17, 15) is 9.36 Å². The number of carbonyl (C=O) groups excluding carboxylic acids is 1. The fourth-order valence-electron chi connectivity index (χ4n) is 3.44. The van der Waals surface area contributed by atoms with Crippen LogP contribution in [0.4, 0.5) is 5.69 Å². The number of nitrogens with zero attached hydrogens (tertiary/aromatic N) is 1. The SMILES string of the molecule is O=C(CCCc1cnoc1-c1ccccc1)Nc1ccc(CP2(=O)OCCCO2)cc1. The number of carbonyl (C=O) groups is 1. The van der Waals surface area contributed by atoms with Crippen LogP contribution in [0.15, 0.2) is 65.3 Å². The van der Waals surface area contributed by atoms with Crippen LogP contribution in [0.25, 0.3) is 11.3 Å². The first-order valence-electron chi connectivity index (χ1n) is 10.4. The molecule has 0 radical (unpaired) electrons. The van der Waals surface area contributed by atoms with E-state index in [1.165, 1.54) is 0 Å². The first kappa shape index (κ1) is 21.5. The molecular weight excluding hydrogens is 415 g/mol. The molecule has 7 nitrogen and oxygen atoms in total. The molecule has 1 saturated heterocycles. The van der Waals surface area contributed by atoms with E-state index in [0.29, 0.717) is 38.2 Å². The molecular formula is C23H25N2O5P. The Kier molecular flexibility index (Phi) is 6.97. The van der Waals surface area contributed by atoms with E-state index in [2.05, 4.69) is 10.5 Å². The predicted octanol–water partition coefficient (Wildman–Crippen LogP) is 5.43. The third-order valence-corrected chi connectivity index (χ3v) is 6.91. The molecule has 162 valence electrons. The van der Waals surface area contributed by atoms with Gasteiger partial charge < -0.3 is 18.9 Å². The Morgan fingerprint density at radius 2 is 1.77 bits per heavy atom. The normalized spacial score (nSPS) is 15.5. The van der Waals surface area contributed by atoms with Gasteiger partial charge in [0.15, 0.2) is 5.76 Å². The van der Waals surface area contributed by atoms with Gasteiger partial charge in [0, 0.05) is 23.2 Å². The van der Waals surface area contributed by atoms with E-state index < -0.39 is 7.60 Å². The van der Waals surface area contributed by atoms with Gasteiger partial charge in [0.2, 0.25) is 5.91 Å². The van der Waals surface area contributed by atoms with Crippen molar-refractivity contribution in [2.24, 2.45) is 0 Å². The van der Waals surface area contributed by atoms with Crippen molar-refractivity contribution < 1.29 is 22.9 Å². The van der Waals surface area contributed by atoms with Crippen LogP contribution in [0.5, 0.6) is 0 Å². The molecule has 0 spiro atoms. The molecule has 1 aromatic heterocycles. The lowest BCUT2D eigenvalue weighted by molar-refractivity contribution is -0.116. The Hall–Kier alpha value is -2.73. The van der Waals surface area contributed by atoms with E-state index >= 15 is 0 Å². The molecule has 0 atom stereocenters. The monoisotopic (exact) mass is 440 g/mol. The van der Waals surface area contributed by atoms with E-state index in [1.54, 1.807) is 18.3 Å². The number of rotatable bonds is 8. The minimum Gasteiger partial charge on any atom is -0.356 e. The van der Waals surface area contributed by atoms with Gasteiger partial charge in [-0.05, 0) is 37.0 Å². The van der Waals surface area contributed by atoms with Crippen molar-refractivity contribution in [2.45, 2.75) is 31.8 Å². The zero-order valence-electron chi connectivity index (χ0n) is 17.2. The molecule has 1 aliphatic heterocycles. The topological polar surface area (TPSA) is 90.7 Å². The smallest absolute Gasteiger partial charge is 0.335 e. The molecule has 1 N–H and O–H groups in total. The Labute approximate surface area is 181 Å². The van der Waals surface area contributed by atoms with E-state index in [-0.39, 0.29) is 12.1 Å². The number of hydrogen-bond acceptors (Lipinski definition) is 6. The summed E-state index contributed by atoms with van der Waals surface area (Å²) >= 11 is 0. The molecule has 0 saturated carbocycles. The van der Waals surface area contributed by atoms with Crippen LogP contribution in [0.1, 0.15) is 30.4 Å². The quantitative estimate of drug-likeness (QED) is 0.470. The molecule has 8 heteroatoms. The second-order valence-electron chi connectivity index (χ2n) is 7.43. The maximum Gasteiger partial charge on any atom is 0.335 e. The first-order valence-corrected chi connectivity index (χ1v) is 12.1. The van der Waals surface area contributed by atoms with Crippen LogP contribution < -0.4 is 5.32 Å². The summed E-state index contributed by atoms with van der Waals surface area (Å²) in [6.07, 6.45) is 4.49. The number of aromatic nitrogens is 1. The summed E-state index contributed by atoms with van der Waals surface area (Å²) in [5, 5.41) is 6.80. The highest BCUT2D eigenvalue weighted by Gasteiger charge is 2.28. The highest BCUT2D eigenvalue weighted by molar-refractivity contribution is 7.53. The number of aryl methyl sites for hydroxylation is 1. The highest BCUT2D eigenvalue weighted by Crippen LogP contribution is 2.53. The molecule has 2 aromatic carbocycles. The lowest BCUT2D eigenvalue weighted by atomic mass is 10.0. The van der Waals surface area contributed by atoms with E-state index in [1.807, 2.05) is 42.5 Å². The fourth-order valence-corrected chi connectivity index (χ4v) is 5.17. The van der Waals surface area contributed by atoms with E-state index in [4.69, 9.17) is 13.6 Å². The van der Waals surface area contributed by atoms with Gasteiger partial charge in [-0.25, -0.2) is 0 Å². The molecule has 0 unspecified atom stereocenters. The summed E-state index contributed by atoms with van der Waals surface area (Å²) < 4.78 is 28.5. The lowest BCUT2D eigenvalue weighted by Crippen LogP contribution is -2.12. The Balaban J connectivity index is 1.25. The van der Waals surface area contributed by atoms with Gasteiger partial charge in [0.25, 0.3) is 0 Å². The third-order valence-electron chi connectivity index (χ3n) is 5.01. The average molecular weight is 440 g/mol. The van der Waals surface area contributed by atoms with Gasteiger partial charge in [0.05, 0.1) is 25.6 Å². The number of amides is 1. The first-order chi connectivity index (χ1) is 15.1. The summed E-state index contributed by atoms with van der Waals surface area (Å²) in [7, 11) is -3.04. The van der Waals surface area contributed by atoms with Crippen molar-refractivity contribution in [2.75, 3.05) is 18.5 Å². The molecule has 31 heavy (non-hydrogen) atoms. The summed E-state index contributed by atoms with van der Waals surface area (Å²) in [5.41, 5.74) is 3.52. The van der Waals surface area contributed by atoms with Crippen LogP contribution in [0.2, 0.25) is 0 Å². The van der Waals surface area contributed by atoms with Gasteiger partial charge in [0.1, 0.15) is 0 Å². The van der Waals surface area contributed by atoms with Gasteiger partial charge >= 0.3 is 7.60 Å². The summed E-state index contributed by atoms with van der Waals surface area (Å²) in [6.45, 7) is 0.931. The van der Waals surface area contributed by atoms with Crippen LogP contribution in [0.3, 0.4) is 0 Å². The van der Waals surface area contributed by atoms with Crippen molar-refractivity contribution in [1.29, 1.82) is 0 Å². The number of anilines is 1. The second kappa shape index (κ2) is 10.1. The van der Waals surface area contributed by atoms with Crippen LogP contribution >= 0.6 is 7.60 Å². The minimum atomic E-state index is -3.04. The maximum absolute atomic E-state index is 12.5. The summed E-state index contributed by atoms with van der Waals surface area (Å²) in [5.74, 6) is 0.693. The van der Waals surface area contributed by atoms with Gasteiger partial charge in [-0.3, -0.25) is 9.36 Å². The Morgan fingerprint density at radius 3 is 2.52 bits per heavy atom. The lowest BCUT2D eigenvalue weighted by Gasteiger charge is -2.22. The summed E-state index contributed by atoms with van der Waals surface area (Å²) in [4.78, 5) is 12.3. The molecule has 3 aromatic rings. The second-order valence-corrected chi connectivity index (χ2v) is 9.49. The molecule has 0 aliphatic carbocycles. The standard InChI is InChI=1S/C23H25N2O5P/c26-22(9-4-8-20-16-24-30-23(20)19-6-2-1-3-7-19)25-21-12-10-18(11-13-21)17-31(27)28-14-5-15-29-31/h1-3,6-7,10-13,16H,4-5,8-9,14-15,17H2,(H,25,26). The zero-order chi connectivity index (χ0) is 21.5. The van der Waals surface area contributed by atoms with Gasteiger partial charge in [-0.2, -0.15) is 0 Å². The number of benzene rings is 2. The molecule has 1 fully saturated rings. The highest BCUT2D eigenvalue weighted by atomic mass is 31.2. The number of nitrogens with one attached hydrogen (secondary N) is 1. The van der Waals surface area contributed by atoms with Gasteiger partial charge in [-0.1, -0.05) is 47.6 Å². The third kappa shape index (κ3) is 5.91. The Bertz CT molecular complexity index is 1040. The van der Waals surface area contributed by atoms with Crippen LogP contribution in [0, 0.1) is 0 Å². The van der Waals surface area contributed by atoms with Crippen LogP contribution in [-0.2, 0) is 31.0 Å². The maximum atomic E-state index is 12.5. The Morgan fingerprint density at radius 1 is 1.03 bits per heavy atom. The number of hydrogen-bond donors (Lipinski definition) is 1. The van der Waals surface area contributed by atoms with E-state index in [0.717, 1.165) is 28.9 Å². The molecule has 1 aliphatic rings. The predicted molar refractivity (Wildman–Crippen MR) is 118 cm³/mol. The zero-order valence-corrected chi connectivity index (χ0v) is 18.1. The van der Waals surface area contributed by atoms with Crippen LogP contribution in [-0.4, -0.2) is 24.3 Å².